The van der Waals surface area contributed by atoms with Gasteiger partial charge in [0, 0.05) is 12.1 Å². The van der Waals surface area contributed by atoms with E-state index in [0.29, 0.717) is 11.5 Å². The molecule has 5 nitrogen and oxygen atoms in total. The Morgan fingerprint density at radius 1 is 0.964 bits per heavy atom. The van der Waals surface area contributed by atoms with E-state index in [-0.39, 0.29) is 17.6 Å². The largest absolute Gasteiger partial charge is 0.508 e. The summed E-state index contributed by atoms with van der Waals surface area (Å²) in [5.74, 6) is 1.63. The Balaban J connectivity index is 1.91. The van der Waals surface area contributed by atoms with Crippen molar-refractivity contribution < 1.29 is 19.4 Å². The number of methoxy groups -OCH3 is 2. The quantitative estimate of drug-likeness (QED) is 0.676. The molecule has 5 heteroatoms. The van der Waals surface area contributed by atoms with E-state index in [0.717, 1.165) is 65.0 Å². The molecule has 2 aliphatic heterocycles. The van der Waals surface area contributed by atoms with Crippen LogP contribution < -0.4 is 9.47 Å². The number of phenols is 1. The lowest BCUT2D eigenvalue weighted by molar-refractivity contribution is 0.0690. The van der Waals surface area contributed by atoms with Gasteiger partial charge in [-0.3, -0.25) is 9.69 Å². The number of fused-ring (bicyclic) bond motifs is 7. The average molecular weight is 377 g/mol. The molecular formula is C23H23NO4. The van der Waals surface area contributed by atoms with Crippen LogP contribution >= 0.6 is 0 Å². The fraction of sp³-hybridized carbons (Fsp3) is 0.348. The summed E-state index contributed by atoms with van der Waals surface area (Å²) < 4.78 is 11.0. The van der Waals surface area contributed by atoms with Crippen LogP contribution in [0.3, 0.4) is 0 Å². The summed E-state index contributed by atoms with van der Waals surface area (Å²) in [6, 6.07) is 9.19. The molecule has 0 aliphatic carbocycles. The Morgan fingerprint density at radius 3 is 2.43 bits per heavy atom. The number of hydrogen-bond donors (Lipinski definition) is 1. The number of aromatic hydroxyl groups is 1. The smallest absolute Gasteiger partial charge is 0.180 e. The molecule has 0 spiro atoms. The van der Waals surface area contributed by atoms with Crippen molar-refractivity contribution in [3.63, 3.8) is 0 Å². The van der Waals surface area contributed by atoms with Crippen LogP contribution in [0.2, 0.25) is 0 Å². The third-order valence-electron chi connectivity index (χ3n) is 6.24. The van der Waals surface area contributed by atoms with E-state index >= 15 is 0 Å². The van der Waals surface area contributed by atoms with Gasteiger partial charge in [-0.15, -0.1) is 0 Å². The molecule has 28 heavy (non-hydrogen) atoms. The van der Waals surface area contributed by atoms with Gasteiger partial charge in [-0.05, 0) is 70.8 Å². The van der Waals surface area contributed by atoms with Crippen LogP contribution in [0, 0.1) is 0 Å². The summed E-state index contributed by atoms with van der Waals surface area (Å²) in [5, 5.41) is 13.9. The van der Waals surface area contributed by atoms with E-state index in [1.807, 2.05) is 18.2 Å². The predicted octanol–water partition coefficient (Wildman–Crippen LogP) is 4.27. The number of phenolic OH excluding ortho intramolecular Hbond substituents is 1. The van der Waals surface area contributed by atoms with E-state index in [1.54, 1.807) is 26.4 Å². The normalized spacial score (nSPS) is 19.5. The topological polar surface area (TPSA) is 59.0 Å². The van der Waals surface area contributed by atoms with Crippen molar-refractivity contribution in [1.82, 2.24) is 4.90 Å². The van der Waals surface area contributed by atoms with Crippen LogP contribution in [0.4, 0.5) is 0 Å². The Kier molecular flexibility index (Phi) is 3.95. The molecule has 1 N–H and O–H groups in total. The zero-order chi connectivity index (χ0) is 19.4. The molecule has 0 bridgehead atoms. The monoisotopic (exact) mass is 377 g/mol. The lowest BCUT2D eigenvalue weighted by atomic mass is 9.81. The molecule has 3 aromatic rings. The van der Waals surface area contributed by atoms with Gasteiger partial charge >= 0.3 is 0 Å². The second-order valence-electron chi connectivity index (χ2n) is 7.68. The number of piperidine rings is 1. The zero-order valence-corrected chi connectivity index (χ0v) is 16.1. The van der Waals surface area contributed by atoms with Crippen molar-refractivity contribution in [1.29, 1.82) is 0 Å². The van der Waals surface area contributed by atoms with Crippen molar-refractivity contribution >= 4 is 27.3 Å². The number of ketones is 1. The lowest BCUT2D eigenvalue weighted by Gasteiger charge is -2.39. The van der Waals surface area contributed by atoms with Gasteiger partial charge in [0.25, 0.3) is 0 Å². The highest BCUT2D eigenvalue weighted by Crippen LogP contribution is 2.43. The van der Waals surface area contributed by atoms with E-state index < -0.39 is 0 Å². The zero-order valence-electron chi connectivity index (χ0n) is 16.1. The van der Waals surface area contributed by atoms with E-state index in [4.69, 9.17) is 9.47 Å². The molecule has 3 aromatic carbocycles. The lowest BCUT2D eigenvalue weighted by Crippen LogP contribution is -2.47. The molecular weight excluding hydrogens is 354 g/mol. The second kappa shape index (κ2) is 6.38. The molecule has 0 radical (unpaired) electrons. The van der Waals surface area contributed by atoms with Gasteiger partial charge < -0.3 is 14.6 Å². The fourth-order valence-electron chi connectivity index (χ4n) is 4.92. The summed E-state index contributed by atoms with van der Waals surface area (Å²) >= 11 is 0. The third-order valence-corrected chi connectivity index (χ3v) is 6.24. The molecule has 1 fully saturated rings. The van der Waals surface area contributed by atoms with Gasteiger partial charge in [0.15, 0.2) is 17.3 Å². The predicted molar refractivity (Wildman–Crippen MR) is 109 cm³/mol. The fourth-order valence-corrected chi connectivity index (χ4v) is 4.92. The first-order valence-electron chi connectivity index (χ1n) is 9.74. The van der Waals surface area contributed by atoms with E-state index in [1.165, 1.54) is 0 Å². The molecule has 0 unspecified atom stereocenters. The minimum atomic E-state index is -0.0351. The SMILES string of the molecule is COc1cc2c3c(c4ccc(O)cc4c2cc1OC)CN1CCCC[C@@H]1C3=O. The van der Waals surface area contributed by atoms with Crippen LogP contribution in [-0.2, 0) is 6.54 Å². The highest BCUT2D eigenvalue weighted by atomic mass is 16.5. The Labute approximate surface area is 163 Å². The van der Waals surface area contributed by atoms with Crippen molar-refractivity contribution in [3.05, 3.63) is 41.5 Å². The maximum Gasteiger partial charge on any atom is 0.180 e. The van der Waals surface area contributed by atoms with Gasteiger partial charge in [-0.1, -0.05) is 12.5 Å². The molecule has 2 heterocycles. The van der Waals surface area contributed by atoms with Gasteiger partial charge in [-0.2, -0.15) is 0 Å². The molecule has 2 aliphatic rings. The first-order chi connectivity index (χ1) is 13.6. The number of carbonyl (C=O) groups is 1. The molecule has 0 saturated carbocycles. The maximum absolute atomic E-state index is 13.6. The molecule has 1 atom stereocenters. The van der Waals surface area contributed by atoms with Crippen molar-refractivity contribution in [3.8, 4) is 17.2 Å². The number of nitrogens with zero attached hydrogens (tertiary/aromatic N) is 1. The standard InChI is InChI=1S/C23H23NO4/c1-27-20-10-16-15-9-13(25)6-7-14(15)18-12-24-8-4-3-5-19(24)23(26)22(18)17(16)11-21(20)28-2/h6-7,9-11,19,25H,3-5,8,12H2,1-2H3/t19-/m1/s1. The minimum Gasteiger partial charge on any atom is -0.508 e. The first kappa shape index (κ1) is 17.3. The first-order valence-corrected chi connectivity index (χ1v) is 9.74. The Morgan fingerprint density at radius 2 is 1.68 bits per heavy atom. The molecule has 0 aromatic heterocycles. The summed E-state index contributed by atoms with van der Waals surface area (Å²) in [6.07, 6.45) is 3.15. The number of hydrogen-bond acceptors (Lipinski definition) is 5. The summed E-state index contributed by atoms with van der Waals surface area (Å²) in [4.78, 5) is 15.9. The van der Waals surface area contributed by atoms with Crippen LogP contribution in [0.15, 0.2) is 30.3 Å². The minimum absolute atomic E-state index is 0.0351. The van der Waals surface area contributed by atoms with E-state index in [2.05, 4.69) is 4.90 Å². The van der Waals surface area contributed by atoms with Crippen molar-refractivity contribution in [2.45, 2.75) is 31.8 Å². The number of rotatable bonds is 2. The molecule has 5 rings (SSSR count). The summed E-state index contributed by atoms with van der Waals surface area (Å²) in [7, 11) is 3.21. The number of carbonyl (C=O) groups excluding carboxylic acids is 1. The summed E-state index contributed by atoms with van der Waals surface area (Å²) in [6.45, 7) is 1.72. The highest BCUT2D eigenvalue weighted by molar-refractivity contribution is 6.22. The second-order valence-corrected chi connectivity index (χ2v) is 7.68. The highest BCUT2D eigenvalue weighted by Gasteiger charge is 2.37. The van der Waals surface area contributed by atoms with Crippen LogP contribution in [0.5, 0.6) is 17.2 Å². The molecule has 144 valence electrons. The van der Waals surface area contributed by atoms with Gasteiger partial charge in [0.1, 0.15) is 5.75 Å². The van der Waals surface area contributed by atoms with Gasteiger partial charge in [0.05, 0.1) is 20.3 Å². The van der Waals surface area contributed by atoms with Crippen LogP contribution in [-0.4, -0.2) is 42.6 Å². The Bertz CT molecular complexity index is 1120. The van der Waals surface area contributed by atoms with Crippen molar-refractivity contribution in [2.24, 2.45) is 0 Å². The van der Waals surface area contributed by atoms with Crippen LogP contribution in [0.25, 0.3) is 21.5 Å². The maximum atomic E-state index is 13.6. The van der Waals surface area contributed by atoms with Crippen molar-refractivity contribution in [2.75, 3.05) is 20.8 Å². The van der Waals surface area contributed by atoms with Gasteiger partial charge in [-0.25, -0.2) is 0 Å². The third kappa shape index (κ3) is 2.39. The molecule has 0 amide bonds. The average Bonchev–Trinajstić information content (AvgIpc) is 2.72. The Hall–Kier alpha value is -2.79. The summed E-state index contributed by atoms with van der Waals surface area (Å²) in [5.41, 5.74) is 1.86. The number of ether oxygens (including phenoxy) is 2. The van der Waals surface area contributed by atoms with Crippen LogP contribution in [0.1, 0.15) is 35.2 Å². The number of benzene rings is 3. The number of Topliss-reactive ketones (excluding diaryl/α,β-unsaturated/α-hetero) is 1. The van der Waals surface area contributed by atoms with Gasteiger partial charge in [0.2, 0.25) is 0 Å². The molecule has 1 saturated heterocycles. The van der Waals surface area contributed by atoms with E-state index in [9.17, 15) is 9.90 Å².